The maximum atomic E-state index is 5.41. The molecule has 0 aromatic carbocycles. The lowest BCUT2D eigenvalue weighted by Crippen LogP contribution is -2.28. The first-order valence-electron chi connectivity index (χ1n) is 17.2. The second kappa shape index (κ2) is 35.0. The molecule has 40 heavy (non-hydrogen) atoms. The Morgan fingerprint density at radius 1 is 0.625 bits per heavy atom. The Balaban J connectivity index is -0.000000199. The molecule has 0 saturated carbocycles. The zero-order chi connectivity index (χ0) is 31.9. The van der Waals surface area contributed by atoms with Crippen LogP contribution in [-0.4, -0.2) is 58.3 Å². The molecule has 0 bridgehead atoms. The molecule has 0 aromatic rings. The molecule has 6 nitrogen and oxygen atoms in total. The van der Waals surface area contributed by atoms with Gasteiger partial charge in [0.05, 0.1) is 26.0 Å². The summed E-state index contributed by atoms with van der Waals surface area (Å²) < 4.78 is 10.5. The van der Waals surface area contributed by atoms with E-state index in [2.05, 4.69) is 71.5 Å². The monoisotopic (exact) mass is 578 g/mol. The number of hydrogen-bond acceptors (Lipinski definition) is 6. The van der Waals surface area contributed by atoms with Crippen molar-refractivity contribution in [3.63, 3.8) is 0 Å². The quantitative estimate of drug-likeness (QED) is 0.311. The lowest BCUT2D eigenvalue weighted by Gasteiger charge is -2.11. The average Bonchev–Trinajstić information content (AvgIpc) is 3.81. The average molecular weight is 578 g/mol. The molecule has 0 aromatic heterocycles. The highest BCUT2D eigenvalue weighted by Crippen LogP contribution is 2.19. The van der Waals surface area contributed by atoms with Gasteiger partial charge in [-0.2, -0.15) is 0 Å². The second-order valence-corrected chi connectivity index (χ2v) is 11.0. The van der Waals surface area contributed by atoms with Crippen LogP contribution in [0.5, 0.6) is 0 Å². The van der Waals surface area contributed by atoms with E-state index in [1.54, 1.807) is 0 Å². The van der Waals surface area contributed by atoms with Crippen LogP contribution in [0.2, 0.25) is 0 Å². The molecular weight excluding hydrogens is 498 g/mol. The zero-order valence-corrected chi connectivity index (χ0v) is 30.4. The number of ether oxygens (including phenoxy) is 2. The van der Waals surface area contributed by atoms with Gasteiger partial charge in [-0.05, 0) is 61.9 Å². The predicted molar refractivity (Wildman–Crippen MR) is 180 cm³/mol. The molecule has 4 heterocycles. The van der Waals surface area contributed by atoms with Gasteiger partial charge >= 0.3 is 0 Å². The lowest BCUT2D eigenvalue weighted by molar-refractivity contribution is 0.0758. The highest BCUT2D eigenvalue weighted by molar-refractivity contribution is 4.73. The van der Waals surface area contributed by atoms with Crippen molar-refractivity contribution < 1.29 is 14.3 Å². The maximum absolute atomic E-state index is 5.41. The van der Waals surface area contributed by atoms with Crippen LogP contribution in [0.4, 0.5) is 0 Å². The SMILES string of the molecule is CC.CC.CC.CC.CC(C)C1CCCO1.CC(C)C1CCNC1.CC(C)C1CNOC1.CC(C)C1COCN1. The fourth-order valence-electron chi connectivity index (χ4n) is 4.03. The van der Waals surface area contributed by atoms with Crippen LogP contribution in [0.25, 0.3) is 0 Å². The van der Waals surface area contributed by atoms with Crippen LogP contribution in [-0.2, 0) is 14.3 Å². The molecule has 4 saturated heterocycles. The molecule has 4 fully saturated rings. The van der Waals surface area contributed by atoms with Gasteiger partial charge in [-0.3, -0.25) is 5.32 Å². The Hall–Kier alpha value is -0.240. The third kappa shape index (κ3) is 26.6. The maximum Gasteiger partial charge on any atom is 0.0969 e. The fourth-order valence-corrected chi connectivity index (χ4v) is 4.03. The summed E-state index contributed by atoms with van der Waals surface area (Å²) in [5, 5.41) is 6.59. The summed E-state index contributed by atoms with van der Waals surface area (Å²) in [6.45, 7) is 40.9. The van der Waals surface area contributed by atoms with Gasteiger partial charge < -0.3 is 19.6 Å². The van der Waals surface area contributed by atoms with E-state index in [1.165, 1.54) is 32.4 Å². The van der Waals surface area contributed by atoms with E-state index < -0.39 is 0 Å². The van der Waals surface area contributed by atoms with E-state index in [9.17, 15) is 0 Å². The highest BCUT2D eigenvalue weighted by atomic mass is 16.7. The minimum atomic E-state index is 0.565. The second-order valence-electron chi connectivity index (χ2n) is 11.0. The molecule has 0 aliphatic carbocycles. The van der Waals surface area contributed by atoms with Crippen LogP contribution in [0.1, 0.15) is 130 Å². The van der Waals surface area contributed by atoms with Gasteiger partial charge in [0.2, 0.25) is 0 Å². The van der Waals surface area contributed by atoms with Crippen molar-refractivity contribution in [2.24, 2.45) is 35.5 Å². The molecule has 4 rings (SSSR count). The molecule has 4 atom stereocenters. The molecule has 6 heteroatoms. The smallest absolute Gasteiger partial charge is 0.0969 e. The van der Waals surface area contributed by atoms with Crippen molar-refractivity contribution in [3.05, 3.63) is 0 Å². The number of hydroxylamine groups is 1. The van der Waals surface area contributed by atoms with Crippen LogP contribution in [0, 0.1) is 35.5 Å². The molecule has 248 valence electrons. The number of rotatable bonds is 4. The van der Waals surface area contributed by atoms with Gasteiger partial charge in [0.25, 0.3) is 0 Å². The molecule has 0 amide bonds. The predicted octanol–water partition coefficient (Wildman–Crippen LogP) is 8.56. The van der Waals surface area contributed by atoms with Crippen molar-refractivity contribution >= 4 is 0 Å². The van der Waals surface area contributed by atoms with E-state index in [-0.39, 0.29) is 0 Å². The van der Waals surface area contributed by atoms with Gasteiger partial charge in [-0.25, -0.2) is 5.48 Å². The van der Waals surface area contributed by atoms with Gasteiger partial charge in [0.1, 0.15) is 0 Å². The summed E-state index contributed by atoms with van der Waals surface area (Å²) in [7, 11) is 0. The molecule has 0 radical (unpaired) electrons. The zero-order valence-electron chi connectivity index (χ0n) is 30.4. The Morgan fingerprint density at radius 3 is 1.40 bits per heavy atom. The van der Waals surface area contributed by atoms with Gasteiger partial charge in [-0.15, -0.1) is 0 Å². The topological polar surface area (TPSA) is 63.8 Å². The molecule has 3 N–H and O–H groups in total. The molecule has 0 spiro atoms. The first-order chi connectivity index (χ1) is 19.2. The molecule has 4 aliphatic heterocycles. The van der Waals surface area contributed by atoms with E-state index in [0.717, 1.165) is 62.7 Å². The summed E-state index contributed by atoms with van der Waals surface area (Å²) in [6.07, 6.45) is 4.49. The van der Waals surface area contributed by atoms with Gasteiger partial charge in [0.15, 0.2) is 0 Å². The summed E-state index contributed by atoms with van der Waals surface area (Å²) >= 11 is 0. The van der Waals surface area contributed by atoms with Gasteiger partial charge in [-0.1, -0.05) is 111 Å². The Kier molecular flexibility index (Phi) is 40.8. The normalized spacial score (nSPS) is 24.3. The van der Waals surface area contributed by atoms with Crippen molar-refractivity contribution in [3.8, 4) is 0 Å². The summed E-state index contributed by atoms with van der Waals surface area (Å²) in [5.41, 5.74) is 2.85. The van der Waals surface area contributed by atoms with E-state index in [1.807, 2.05) is 55.4 Å². The highest BCUT2D eigenvalue weighted by Gasteiger charge is 2.19. The van der Waals surface area contributed by atoms with Gasteiger partial charge in [0, 0.05) is 25.1 Å². The largest absolute Gasteiger partial charge is 0.378 e. The van der Waals surface area contributed by atoms with Crippen molar-refractivity contribution in [2.75, 3.05) is 46.2 Å². The van der Waals surface area contributed by atoms with Crippen molar-refractivity contribution in [1.82, 2.24) is 16.1 Å². The van der Waals surface area contributed by atoms with E-state index in [0.29, 0.717) is 18.1 Å². The fraction of sp³-hybridized carbons (Fsp3) is 1.00. The van der Waals surface area contributed by atoms with Crippen LogP contribution in [0.3, 0.4) is 0 Å². The van der Waals surface area contributed by atoms with E-state index in [4.69, 9.17) is 14.3 Å². The minimum absolute atomic E-state index is 0.565. The Labute approximate surface area is 254 Å². The third-order valence-corrected chi connectivity index (χ3v) is 6.99. The minimum Gasteiger partial charge on any atom is -0.378 e. The van der Waals surface area contributed by atoms with E-state index >= 15 is 0 Å². The number of hydrogen-bond donors (Lipinski definition) is 3. The van der Waals surface area contributed by atoms with Crippen LogP contribution >= 0.6 is 0 Å². The van der Waals surface area contributed by atoms with Crippen molar-refractivity contribution in [1.29, 1.82) is 0 Å². The molecular formula is C34H79N3O3. The van der Waals surface area contributed by atoms with Crippen LogP contribution < -0.4 is 16.1 Å². The summed E-state index contributed by atoms with van der Waals surface area (Å²) in [4.78, 5) is 4.97. The van der Waals surface area contributed by atoms with Crippen LogP contribution in [0.15, 0.2) is 0 Å². The number of nitrogens with one attached hydrogen (secondary N) is 3. The first kappa shape index (κ1) is 46.7. The summed E-state index contributed by atoms with van der Waals surface area (Å²) in [6, 6.07) is 0.593. The summed E-state index contributed by atoms with van der Waals surface area (Å²) in [5.74, 6) is 4.75. The molecule has 4 aliphatic rings. The Morgan fingerprint density at radius 2 is 1.20 bits per heavy atom. The van der Waals surface area contributed by atoms with Crippen molar-refractivity contribution in [2.45, 2.75) is 142 Å². The molecule has 4 unspecified atom stereocenters. The lowest BCUT2D eigenvalue weighted by atomic mass is 9.96. The Bertz CT molecular complexity index is 344. The first-order valence-corrected chi connectivity index (χ1v) is 17.2. The standard InChI is InChI=1S/C7H15N.C7H14O.2C6H13NO.4C2H6/c1-6(2)7-3-4-8-5-7;1-6(2)7-4-3-5-8-7;1-5(2)6-3-8-4-7-6;1-5(2)6-3-7-8-4-6;4*1-2/h6-8H,3-5H2,1-2H3;6-7H,3-5H2,1-2H3;2*5-7H,3-4H2,1-2H3;4*1-2H3. The third-order valence-electron chi connectivity index (χ3n) is 6.99.